The van der Waals surface area contributed by atoms with Crippen molar-refractivity contribution >= 4 is 23.2 Å². The van der Waals surface area contributed by atoms with Crippen LogP contribution < -0.4 is 10.2 Å². The van der Waals surface area contributed by atoms with E-state index in [0.29, 0.717) is 5.69 Å². The summed E-state index contributed by atoms with van der Waals surface area (Å²) in [5, 5.41) is 3.27. The van der Waals surface area contributed by atoms with E-state index in [-0.39, 0.29) is 18.2 Å². The quantitative estimate of drug-likeness (QED) is 0.885. The molecule has 23 heavy (non-hydrogen) atoms. The fraction of sp³-hybridized carbons (Fsp3) is 0.263. The van der Waals surface area contributed by atoms with Crippen molar-refractivity contribution in [3.63, 3.8) is 0 Å². The summed E-state index contributed by atoms with van der Waals surface area (Å²) in [5.74, 6) is -0.360. The first-order valence-electron chi connectivity index (χ1n) is 7.73. The number of benzene rings is 2. The Labute approximate surface area is 136 Å². The van der Waals surface area contributed by atoms with Gasteiger partial charge in [-0.05, 0) is 44.0 Å². The van der Waals surface area contributed by atoms with Gasteiger partial charge in [-0.2, -0.15) is 0 Å². The lowest BCUT2D eigenvalue weighted by Crippen LogP contribution is -2.35. The number of aryl methyl sites for hydroxylation is 3. The number of nitrogens with zero attached hydrogens (tertiary/aromatic N) is 1. The molecular formula is C19H20N2O2. The number of hydrogen-bond acceptors (Lipinski definition) is 3. The van der Waals surface area contributed by atoms with Crippen molar-refractivity contribution < 1.29 is 9.59 Å². The Bertz CT molecular complexity index is 745. The van der Waals surface area contributed by atoms with Crippen LogP contribution in [0.5, 0.6) is 0 Å². The van der Waals surface area contributed by atoms with Crippen molar-refractivity contribution in [3.8, 4) is 0 Å². The molecule has 1 atom stereocenters. The van der Waals surface area contributed by atoms with Crippen molar-refractivity contribution in [2.45, 2.75) is 33.2 Å². The zero-order chi connectivity index (χ0) is 16.6. The molecular weight excluding hydrogens is 288 g/mol. The topological polar surface area (TPSA) is 49.4 Å². The Hall–Kier alpha value is -2.62. The number of anilines is 2. The molecule has 4 heteroatoms. The third-order valence-corrected chi connectivity index (χ3v) is 4.16. The van der Waals surface area contributed by atoms with Gasteiger partial charge >= 0.3 is 0 Å². The minimum atomic E-state index is -0.511. The minimum absolute atomic E-state index is 0.166. The van der Waals surface area contributed by atoms with Crippen LogP contribution in [0.4, 0.5) is 11.4 Å². The van der Waals surface area contributed by atoms with Gasteiger partial charge in [0, 0.05) is 5.69 Å². The van der Waals surface area contributed by atoms with Crippen LogP contribution in [0.25, 0.3) is 0 Å². The smallest absolute Gasteiger partial charge is 0.256 e. The molecule has 0 aliphatic carbocycles. The minimum Gasteiger partial charge on any atom is -0.373 e. The van der Waals surface area contributed by atoms with E-state index < -0.39 is 6.04 Å². The summed E-state index contributed by atoms with van der Waals surface area (Å²) in [6.45, 7) is 6.07. The van der Waals surface area contributed by atoms with Gasteiger partial charge in [0.25, 0.3) is 5.91 Å². The lowest BCUT2D eigenvalue weighted by atomic mass is 10.0. The van der Waals surface area contributed by atoms with Gasteiger partial charge in [0.1, 0.15) is 6.04 Å². The Morgan fingerprint density at radius 2 is 1.61 bits per heavy atom. The predicted octanol–water partition coefficient (Wildman–Crippen LogP) is 3.36. The van der Waals surface area contributed by atoms with Crippen molar-refractivity contribution in [3.05, 3.63) is 59.2 Å². The normalized spacial score (nSPS) is 17.7. The first kappa shape index (κ1) is 15.3. The maximum atomic E-state index is 12.7. The summed E-state index contributed by atoms with van der Waals surface area (Å²) >= 11 is 0. The Morgan fingerprint density at radius 1 is 1.00 bits per heavy atom. The first-order chi connectivity index (χ1) is 11.0. The molecule has 118 valence electrons. The van der Waals surface area contributed by atoms with Gasteiger partial charge in [-0.3, -0.25) is 9.59 Å². The third kappa shape index (κ3) is 2.84. The molecule has 1 N–H and O–H groups in total. The highest BCUT2D eigenvalue weighted by atomic mass is 16.2. The molecule has 0 saturated carbocycles. The summed E-state index contributed by atoms with van der Waals surface area (Å²) in [4.78, 5) is 26.2. The van der Waals surface area contributed by atoms with Crippen LogP contribution in [0, 0.1) is 20.8 Å². The van der Waals surface area contributed by atoms with E-state index in [4.69, 9.17) is 0 Å². The fourth-order valence-corrected chi connectivity index (χ4v) is 3.17. The van der Waals surface area contributed by atoms with Gasteiger partial charge in [0.2, 0.25) is 5.91 Å². The highest BCUT2D eigenvalue weighted by Crippen LogP contribution is 2.28. The van der Waals surface area contributed by atoms with Gasteiger partial charge in [0.05, 0.1) is 12.1 Å². The highest BCUT2D eigenvalue weighted by molar-refractivity contribution is 6.23. The number of imide groups is 1. The van der Waals surface area contributed by atoms with E-state index in [2.05, 4.69) is 17.4 Å². The summed E-state index contributed by atoms with van der Waals surface area (Å²) < 4.78 is 0. The van der Waals surface area contributed by atoms with Gasteiger partial charge in [-0.15, -0.1) is 0 Å². The lowest BCUT2D eigenvalue weighted by Gasteiger charge is -2.19. The molecule has 2 amide bonds. The monoisotopic (exact) mass is 308 g/mol. The van der Waals surface area contributed by atoms with Crippen LogP contribution >= 0.6 is 0 Å². The molecule has 0 aromatic heterocycles. The van der Waals surface area contributed by atoms with E-state index in [1.54, 1.807) is 12.1 Å². The second-order valence-corrected chi connectivity index (χ2v) is 6.08. The zero-order valence-corrected chi connectivity index (χ0v) is 13.6. The highest BCUT2D eigenvalue weighted by Gasteiger charge is 2.39. The maximum absolute atomic E-state index is 12.7. The average Bonchev–Trinajstić information content (AvgIpc) is 2.78. The number of nitrogens with one attached hydrogen (secondary N) is 1. The van der Waals surface area contributed by atoms with Crippen LogP contribution in [-0.4, -0.2) is 17.9 Å². The molecule has 2 aromatic rings. The standard InChI is InChI=1S/C19H20N2O2/c1-12-9-13(2)18(14(3)10-12)20-16-11-17(22)21(19(16)23)15-7-5-4-6-8-15/h4-10,16,20H,11H2,1-3H3/t16-/m1/s1. The van der Waals surface area contributed by atoms with E-state index in [0.717, 1.165) is 16.8 Å². The van der Waals surface area contributed by atoms with Crippen molar-refractivity contribution in [1.29, 1.82) is 0 Å². The van der Waals surface area contributed by atoms with Crippen LogP contribution in [0.1, 0.15) is 23.1 Å². The van der Waals surface area contributed by atoms with Crippen molar-refractivity contribution in [2.24, 2.45) is 0 Å². The van der Waals surface area contributed by atoms with Crippen LogP contribution in [-0.2, 0) is 9.59 Å². The molecule has 1 saturated heterocycles. The van der Waals surface area contributed by atoms with Crippen LogP contribution in [0.2, 0.25) is 0 Å². The summed E-state index contributed by atoms with van der Waals surface area (Å²) in [6.07, 6.45) is 0.181. The number of amides is 2. The molecule has 1 aliphatic heterocycles. The number of carbonyl (C=O) groups excluding carboxylic acids is 2. The first-order valence-corrected chi connectivity index (χ1v) is 7.73. The molecule has 1 heterocycles. The summed E-state index contributed by atoms with van der Waals surface area (Å²) in [5.41, 5.74) is 4.92. The number of carbonyl (C=O) groups is 2. The molecule has 3 rings (SSSR count). The maximum Gasteiger partial charge on any atom is 0.256 e. The van der Waals surface area contributed by atoms with Crippen molar-refractivity contribution in [1.82, 2.24) is 0 Å². The summed E-state index contributed by atoms with van der Waals surface area (Å²) in [7, 11) is 0. The van der Waals surface area contributed by atoms with E-state index in [1.165, 1.54) is 10.5 Å². The van der Waals surface area contributed by atoms with Gasteiger partial charge < -0.3 is 5.32 Å². The molecule has 0 unspecified atom stereocenters. The number of hydrogen-bond donors (Lipinski definition) is 1. The second kappa shape index (κ2) is 5.88. The molecule has 0 bridgehead atoms. The summed E-state index contributed by atoms with van der Waals surface area (Å²) in [6, 6.07) is 12.7. The molecule has 1 fully saturated rings. The zero-order valence-electron chi connectivity index (χ0n) is 13.6. The van der Waals surface area contributed by atoms with E-state index in [9.17, 15) is 9.59 Å². The third-order valence-electron chi connectivity index (χ3n) is 4.16. The molecule has 0 spiro atoms. The molecule has 4 nitrogen and oxygen atoms in total. The van der Waals surface area contributed by atoms with E-state index in [1.807, 2.05) is 39.0 Å². The van der Waals surface area contributed by atoms with Crippen LogP contribution in [0.15, 0.2) is 42.5 Å². The Kier molecular flexibility index (Phi) is 3.90. The van der Waals surface area contributed by atoms with Gasteiger partial charge in [0.15, 0.2) is 0 Å². The lowest BCUT2D eigenvalue weighted by molar-refractivity contribution is -0.121. The SMILES string of the molecule is Cc1cc(C)c(N[C@@H]2CC(=O)N(c3ccccc3)C2=O)c(C)c1. The number of para-hydroxylation sites is 1. The molecule has 0 radical (unpaired) electrons. The van der Waals surface area contributed by atoms with E-state index >= 15 is 0 Å². The second-order valence-electron chi connectivity index (χ2n) is 6.08. The fourth-order valence-electron chi connectivity index (χ4n) is 3.17. The van der Waals surface area contributed by atoms with Gasteiger partial charge in [-0.1, -0.05) is 35.9 Å². The molecule has 1 aliphatic rings. The van der Waals surface area contributed by atoms with Crippen LogP contribution in [0.3, 0.4) is 0 Å². The largest absolute Gasteiger partial charge is 0.373 e. The van der Waals surface area contributed by atoms with Crippen molar-refractivity contribution in [2.75, 3.05) is 10.2 Å². The van der Waals surface area contributed by atoms with Gasteiger partial charge in [-0.25, -0.2) is 4.90 Å². The predicted molar refractivity (Wildman–Crippen MR) is 91.6 cm³/mol. The molecule has 2 aromatic carbocycles. The Balaban J connectivity index is 1.86. The average molecular weight is 308 g/mol. The Morgan fingerprint density at radius 3 is 2.22 bits per heavy atom. The number of rotatable bonds is 3.